The van der Waals surface area contributed by atoms with Crippen LogP contribution in [0, 0.1) is 0 Å². The second-order valence-corrected chi connectivity index (χ2v) is 10.0. The molecule has 6 heteroatoms. The number of aromatic nitrogens is 1. The monoisotopic (exact) mass is 451 g/mol. The van der Waals surface area contributed by atoms with Gasteiger partial charge in [-0.3, -0.25) is 9.98 Å². The molecule has 3 heterocycles. The van der Waals surface area contributed by atoms with Gasteiger partial charge in [0.25, 0.3) is 0 Å². The number of halogens is 1. The Hall–Kier alpha value is -1.95. The van der Waals surface area contributed by atoms with Gasteiger partial charge in [0.15, 0.2) is 5.17 Å². The number of benzene rings is 2. The van der Waals surface area contributed by atoms with Crippen molar-refractivity contribution < 1.29 is 0 Å². The van der Waals surface area contributed by atoms with E-state index >= 15 is 0 Å². The molecule has 2 aromatic carbocycles. The van der Waals surface area contributed by atoms with Crippen molar-refractivity contribution in [2.24, 2.45) is 4.99 Å². The van der Waals surface area contributed by atoms with Gasteiger partial charge in [0, 0.05) is 32.8 Å². The normalized spacial score (nSPS) is 22.8. The second-order valence-electron chi connectivity index (χ2n) is 7.46. The third-order valence-corrected chi connectivity index (χ3v) is 7.99. The zero-order chi connectivity index (χ0) is 20.5. The Bertz CT molecular complexity index is 1040. The number of amidine groups is 1. The van der Waals surface area contributed by atoms with E-state index in [-0.39, 0.29) is 12.1 Å². The summed E-state index contributed by atoms with van der Waals surface area (Å²) in [6.45, 7) is 2.27. The van der Waals surface area contributed by atoms with Crippen molar-refractivity contribution in [3.05, 3.63) is 89.2 Å². The van der Waals surface area contributed by atoms with Gasteiger partial charge in [-0.2, -0.15) is 0 Å². The van der Waals surface area contributed by atoms with Crippen molar-refractivity contribution >= 4 is 40.3 Å². The molecule has 0 unspecified atom stereocenters. The van der Waals surface area contributed by atoms with Crippen LogP contribution in [0.3, 0.4) is 0 Å². The lowest BCUT2D eigenvalue weighted by molar-refractivity contribution is 0.255. The van der Waals surface area contributed by atoms with Crippen LogP contribution in [0.4, 0.5) is 0 Å². The molecule has 0 amide bonds. The van der Waals surface area contributed by atoms with Crippen molar-refractivity contribution in [3.8, 4) is 0 Å². The number of fused-ring (bicyclic) bond motifs is 1. The maximum atomic E-state index is 6.01. The van der Waals surface area contributed by atoms with Gasteiger partial charge in [-0.25, -0.2) is 0 Å². The van der Waals surface area contributed by atoms with Crippen LogP contribution in [0.1, 0.15) is 36.7 Å². The summed E-state index contributed by atoms with van der Waals surface area (Å²) in [6, 6.07) is 23.8. The number of nitrogens with zero attached hydrogens (tertiary/aromatic N) is 3. The predicted molar refractivity (Wildman–Crippen MR) is 128 cm³/mol. The molecule has 5 rings (SSSR count). The number of pyridine rings is 1. The van der Waals surface area contributed by atoms with Gasteiger partial charge in [0.1, 0.15) is 6.04 Å². The SMILES string of the molecule is CC[C@H]1CSC2=N[C@H](c3ccccn3)[C@@H](c3ccc(Sc4ccc(Cl)cc4)cc3)N21. The number of hydrogen-bond donors (Lipinski definition) is 0. The molecule has 152 valence electrons. The van der Waals surface area contributed by atoms with Gasteiger partial charge in [-0.15, -0.1) is 0 Å². The second kappa shape index (κ2) is 8.66. The van der Waals surface area contributed by atoms with Crippen LogP contribution in [-0.2, 0) is 0 Å². The molecule has 0 saturated carbocycles. The predicted octanol–water partition coefficient (Wildman–Crippen LogP) is 6.87. The lowest BCUT2D eigenvalue weighted by atomic mass is 9.95. The van der Waals surface area contributed by atoms with Gasteiger partial charge in [0.2, 0.25) is 0 Å². The topological polar surface area (TPSA) is 28.5 Å². The summed E-state index contributed by atoms with van der Waals surface area (Å²) in [6.07, 6.45) is 2.99. The number of thioether (sulfide) groups is 1. The fourth-order valence-electron chi connectivity index (χ4n) is 4.08. The van der Waals surface area contributed by atoms with Crippen molar-refractivity contribution in [3.63, 3.8) is 0 Å². The van der Waals surface area contributed by atoms with E-state index in [0.29, 0.717) is 6.04 Å². The number of aliphatic imine (C=N–C) groups is 1. The van der Waals surface area contributed by atoms with E-state index in [9.17, 15) is 0 Å². The fraction of sp³-hybridized carbons (Fsp3) is 0.250. The summed E-state index contributed by atoms with van der Waals surface area (Å²) in [4.78, 5) is 14.7. The molecule has 3 aromatic rings. The number of rotatable bonds is 5. The Kier molecular flexibility index (Phi) is 5.77. The fourth-order valence-corrected chi connectivity index (χ4v) is 6.36. The summed E-state index contributed by atoms with van der Waals surface area (Å²) in [5, 5.41) is 1.93. The zero-order valence-corrected chi connectivity index (χ0v) is 19.0. The van der Waals surface area contributed by atoms with E-state index < -0.39 is 0 Å². The number of hydrogen-bond acceptors (Lipinski definition) is 5. The van der Waals surface area contributed by atoms with Crippen LogP contribution in [0.2, 0.25) is 5.02 Å². The van der Waals surface area contributed by atoms with E-state index in [1.165, 1.54) is 20.5 Å². The van der Waals surface area contributed by atoms with E-state index in [4.69, 9.17) is 16.6 Å². The van der Waals surface area contributed by atoms with Crippen LogP contribution >= 0.6 is 35.1 Å². The standard InChI is InChI=1S/C24H22ClN3S2/c1-2-18-15-29-24-27-22(21-5-3-4-14-26-21)23(28(18)24)16-6-10-19(11-7-16)30-20-12-8-17(25)9-13-20/h3-14,18,22-23H,2,15H2,1H3/t18-,22+,23+/m0/s1. The van der Waals surface area contributed by atoms with Crippen molar-refractivity contribution in [1.29, 1.82) is 0 Å². The van der Waals surface area contributed by atoms with Gasteiger partial charge in [-0.05, 0) is 60.5 Å². The third-order valence-electron chi connectivity index (χ3n) is 5.60. The minimum Gasteiger partial charge on any atom is -0.338 e. The summed E-state index contributed by atoms with van der Waals surface area (Å²) in [7, 11) is 0. The Balaban J connectivity index is 1.44. The molecule has 1 saturated heterocycles. The first-order chi connectivity index (χ1) is 14.7. The molecule has 2 aliphatic heterocycles. The largest absolute Gasteiger partial charge is 0.338 e. The van der Waals surface area contributed by atoms with Gasteiger partial charge >= 0.3 is 0 Å². The first-order valence-electron chi connectivity index (χ1n) is 10.2. The van der Waals surface area contributed by atoms with Gasteiger partial charge in [0.05, 0.1) is 11.7 Å². The summed E-state index contributed by atoms with van der Waals surface area (Å²) >= 11 is 9.64. The van der Waals surface area contributed by atoms with Crippen molar-refractivity contribution in [2.45, 2.75) is 41.3 Å². The molecule has 1 fully saturated rings. The molecule has 0 bridgehead atoms. The van der Waals surface area contributed by atoms with E-state index in [1.54, 1.807) is 11.8 Å². The molecule has 2 aliphatic rings. The molecule has 1 aromatic heterocycles. The van der Waals surface area contributed by atoms with Gasteiger partial charge < -0.3 is 4.90 Å². The molecule has 3 atom stereocenters. The maximum Gasteiger partial charge on any atom is 0.160 e. The highest BCUT2D eigenvalue weighted by Crippen LogP contribution is 2.48. The molecule has 0 spiro atoms. The quantitative estimate of drug-likeness (QED) is 0.423. The summed E-state index contributed by atoms with van der Waals surface area (Å²) in [5.74, 6) is 1.12. The minimum atomic E-state index is 0.0396. The maximum absolute atomic E-state index is 6.01. The minimum absolute atomic E-state index is 0.0396. The Morgan fingerprint density at radius 2 is 1.77 bits per heavy atom. The van der Waals surface area contributed by atoms with E-state index in [0.717, 1.165) is 22.9 Å². The molecule has 0 radical (unpaired) electrons. The highest BCUT2D eigenvalue weighted by atomic mass is 35.5. The lowest BCUT2D eigenvalue weighted by Crippen LogP contribution is -2.35. The van der Waals surface area contributed by atoms with Crippen LogP contribution < -0.4 is 0 Å². The Morgan fingerprint density at radius 3 is 2.43 bits per heavy atom. The van der Waals surface area contributed by atoms with Gasteiger partial charge in [-0.1, -0.05) is 60.2 Å². The molecule has 30 heavy (non-hydrogen) atoms. The molecular formula is C24H22ClN3S2. The van der Waals surface area contributed by atoms with Crippen molar-refractivity contribution in [2.75, 3.05) is 5.75 Å². The smallest absolute Gasteiger partial charge is 0.160 e. The van der Waals surface area contributed by atoms with Crippen LogP contribution in [0.15, 0.2) is 87.7 Å². The summed E-state index contributed by atoms with van der Waals surface area (Å²) < 4.78 is 0. The first kappa shape index (κ1) is 20.0. The lowest BCUT2D eigenvalue weighted by Gasteiger charge is -2.32. The Morgan fingerprint density at radius 1 is 1.03 bits per heavy atom. The average Bonchev–Trinajstić information content (AvgIpc) is 3.36. The van der Waals surface area contributed by atoms with E-state index in [1.807, 2.05) is 36.2 Å². The van der Waals surface area contributed by atoms with Crippen LogP contribution in [0.25, 0.3) is 0 Å². The average molecular weight is 452 g/mol. The van der Waals surface area contributed by atoms with E-state index in [2.05, 4.69) is 65.3 Å². The highest BCUT2D eigenvalue weighted by molar-refractivity contribution is 8.14. The molecule has 0 N–H and O–H groups in total. The first-order valence-corrected chi connectivity index (χ1v) is 12.3. The molecule has 0 aliphatic carbocycles. The van der Waals surface area contributed by atoms with Crippen LogP contribution in [0.5, 0.6) is 0 Å². The highest BCUT2D eigenvalue weighted by Gasteiger charge is 2.45. The molecular weight excluding hydrogens is 430 g/mol. The van der Waals surface area contributed by atoms with Crippen LogP contribution in [-0.4, -0.2) is 26.8 Å². The Labute approximate surface area is 191 Å². The summed E-state index contributed by atoms with van der Waals surface area (Å²) in [5.41, 5.74) is 2.34. The molecule has 3 nitrogen and oxygen atoms in total. The third kappa shape index (κ3) is 3.86. The zero-order valence-electron chi connectivity index (χ0n) is 16.6. The van der Waals surface area contributed by atoms with Crippen molar-refractivity contribution in [1.82, 2.24) is 9.88 Å².